The summed E-state index contributed by atoms with van der Waals surface area (Å²) >= 11 is 0. The monoisotopic (exact) mass is 637 g/mol. The van der Waals surface area contributed by atoms with Gasteiger partial charge in [0.1, 0.15) is 0 Å². The van der Waals surface area contributed by atoms with Crippen LogP contribution in [0.1, 0.15) is 181 Å². The number of carboxylic acids is 1. The fourth-order valence-corrected chi connectivity index (χ4v) is 9.90. The van der Waals surface area contributed by atoms with Crippen molar-refractivity contribution >= 4 is 55.4 Å². The van der Waals surface area contributed by atoms with E-state index in [1.807, 2.05) is 0 Å². The molecular weight excluding hydrogens is 575 g/mol. The third kappa shape index (κ3) is 31.3. The molecule has 0 saturated heterocycles. The summed E-state index contributed by atoms with van der Waals surface area (Å²) in [6.45, 7) is 4.55. The lowest BCUT2D eigenvalue weighted by Gasteiger charge is -2.18. The van der Waals surface area contributed by atoms with Crippen LogP contribution in [0.25, 0.3) is 0 Å². The summed E-state index contributed by atoms with van der Waals surface area (Å²) < 4.78 is 1.72. The zero-order chi connectivity index (χ0) is 29.4. The summed E-state index contributed by atoms with van der Waals surface area (Å²) in [6.07, 6.45) is 32.4. The molecule has 0 aromatic rings. The number of carbonyl (C=O) groups excluding carboxylic acids is 1. The van der Waals surface area contributed by atoms with E-state index in [2.05, 4.69) is 13.8 Å². The SMILES string of the molecule is CCCCCCCCCCCCCCSSN(SSCCCCCCCCCCCCCC)C(=O)CCC(=O)O. The second kappa shape index (κ2) is 33.8. The van der Waals surface area contributed by atoms with Gasteiger partial charge in [0.15, 0.2) is 0 Å². The topological polar surface area (TPSA) is 57.6 Å². The normalized spacial score (nSPS) is 11.2. The minimum atomic E-state index is -0.906. The van der Waals surface area contributed by atoms with Crippen LogP contribution in [0.15, 0.2) is 0 Å². The fourth-order valence-electron chi connectivity index (χ4n) is 4.57. The molecule has 0 aromatic heterocycles. The van der Waals surface area contributed by atoms with Crippen molar-refractivity contribution in [2.24, 2.45) is 0 Å². The molecule has 0 aliphatic heterocycles. The van der Waals surface area contributed by atoms with E-state index in [0.29, 0.717) is 0 Å². The predicted molar refractivity (Wildman–Crippen MR) is 186 cm³/mol. The van der Waals surface area contributed by atoms with Gasteiger partial charge in [-0.3, -0.25) is 9.59 Å². The molecule has 0 atom stereocenters. The summed E-state index contributed by atoms with van der Waals surface area (Å²) in [5, 5.41) is 8.97. The quantitative estimate of drug-likeness (QED) is 0.0436. The molecule has 0 unspecified atom stereocenters. The molecule has 0 rings (SSSR count). The Balaban J connectivity index is 3.80. The van der Waals surface area contributed by atoms with Crippen molar-refractivity contribution < 1.29 is 14.7 Å². The van der Waals surface area contributed by atoms with Crippen LogP contribution >= 0.6 is 43.5 Å². The van der Waals surface area contributed by atoms with Gasteiger partial charge < -0.3 is 5.11 Å². The van der Waals surface area contributed by atoms with Crippen LogP contribution < -0.4 is 0 Å². The maximum absolute atomic E-state index is 12.6. The molecule has 0 heterocycles. The van der Waals surface area contributed by atoms with Gasteiger partial charge in [-0.25, -0.2) is 3.71 Å². The van der Waals surface area contributed by atoms with Crippen LogP contribution in [0.3, 0.4) is 0 Å². The van der Waals surface area contributed by atoms with Crippen molar-refractivity contribution in [1.29, 1.82) is 0 Å². The minimum Gasteiger partial charge on any atom is -0.481 e. The van der Waals surface area contributed by atoms with Crippen molar-refractivity contribution in [2.45, 2.75) is 181 Å². The van der Waals surface area contributed by atoms with Gasteiger partial charge in [-0.15, -0.1) is 0 Å². The number of aliphatic carboxylic acids is 1. The molecule has 0 aliphatic rings. The first kappa shape index (κ1) is 40.3. The first-order valence-corrected chi connectivity index (χ1v) is 21.3. The van der Waals surface area contributed by atoms with Gasteiger partial charge in [-0.2, -0.15) is 0 Å². The maximum Gasteiger partial charge on any atom is 0.303 e. The van der Waals surface area contributed by atoms with Crippen molar-refractivity contribution in [1.82, 2.24) is 3.71 Å². The fraction of sp³-hybridized carbons (Fsp3) is 0.938. The van der Waals surface area contributed by atoms with Crippen molar-refractivity contribution in [3.05, 3.63) is 0 Å². The van der Waals surface area contributed by atoms with Crippen molar-refractivity contribution in [3.8, 4) is 0 Å². The van der Waals surface area contributed by atoms with Crippen LogP contribution in [0.2, 0.25) is 0 Å². The number of hydrogen-bond acceptors (Lipinski definition) is 6. The van der Waals surface area contributed by atoms with Crippen LogP contribution in [0.5, 0.6) is 0 Å². The first-order valence-electron chi connectivity index (χ1n) is 16.8. The highest BCUT2D eigenvalue weighted by Gasteiger charge is 2.17. The zero-order valence-electron chi connectivity index (χ0n) is 26.1. The van der Waals surface area contributed by atoms with Crippen LogP contribution in [-0.4, -0.2) is 32.2 Å². The Morgan fingerprint density at radius 1 is 0.475 bits per heavy atom. The molecule has 238 valence electrons. The second-order valence-corrected chi connectivity index (χ2v) is 16.0. The van der Waals surface area contributed by atoms with Crippen molar-refractivity contribution in [3.63, 3.8) is 0 Å². The van der Waals surface area contributed by atoms with Gasteiger partial charge in [-0.1, -0.05) is 177 Å². The number of hydrogen-bond donors (Lipinski definition) is 1. The lowest BCUT2D eigenvalue weighted by molar-refractivity contribution is -0.139. The van der Waals surface area contributed by atoms with E-state index in [4.69, 9.17) is 5.11 Å². The minimum absolute atomic E-state index is 0.0770. The number of carboxylic acid groups (broad SMARTS) is 1. The number of unbranched alkanes of at least 4 members (excludes halogenated alkanes) is 22. The molecule has 0 aliphatic carbocycles. The molecule has 0 aromatic carbocycles. The largest absolute Gasteiger partial charge is 0.481 e. The molecule has 1 N–H and O–H groups in total. The standard InChI is InChI=1S/C32H63NO3S4/c1-3-5-7-9-11-13-15-17-19-21-23-25-29-37-39-33(31(34)27-28-32(35)36)40-38-30-26-24-22-20-18-16-14-12-10-8-6-4-2/h3-30H2,1-2H3,(H,35,36). The highest BCUT2D eigenvalue weighted by molar-refractivity contribution is 8.83. The summed E-state index contributed by atoms with van der Waals surface area (Å²) in [4.78, 5) is 23.5. The van der Waals surface area contributed by atoms with E-state index < -0.39 is 5.97 Å². The number of amides is 1. The summed E-state index contributed by atoms with van der Waals surface area (Å²) in [5.41, 5.74) is 0. The number of carbonyl (C=O) groups is 2. The average Bonchev–Trinajstić information content (AvgIpc) is 2.95. The van der Waals surface area contributed by atoms with E-state index in [1.54, 1.807) is 25.3 Å². The van der Waals surface area contributed by atoms with Gasteiger partial charge in [0, 0.05) is 39.9 Å². The Morgan fingerprint density at radius 2 is 0.775 bits per heavy atom. The Bertz CT molecular complexity index is 522. The van der Waals surface area contributed by atoms with Gasteiger partial charge in [-0.05, 0) is 12.8 Å². The molecule has 0 bridgehead atoms. The van der Waals surface area contributed by atoms with Crippen LogP contribution in [-0.2, 0) is 9.59 Å². The second-order valence-electron chi connectivity index (χ2n) is 11.1. The lowest BCUT2D eigenvalue weighted by Crippen LogP contribution is -2.16. The van der Waals surface area contributed by atoms with Gasteiger partial charge in [0.2, 0.25) is 5.91 Å². The van der Waals surface area contributed by atoms with Crippen LogP contribution in [0.4, 0.5) is 0 Å². The summed E-state index contributed by atoms with van der Waals surface area (Å²) in [6, 6.07) is 0. The highest BCUT2D eigenvalue weighted by Crippen LogP contribution is 2.39. The molecular formula is C32H63NO3S4. The molecule has 4 nitrogen and oxygen atoms in total. The first-order chi connectivity index (χ1) is 19.6. The third-order valence-electron chi connectivity index (χ3n) is 7.16. The molecule has 0 fully saturated rings. The summed E-state index contributed by atoms with van der Waals surface area (Å²) in [7, 11) is 6.46. The summed E-state index contributed by atoms with van der Waals surface area (Å²) in [5.74, 6) is 1.09. The number of nitrogens with zero attached hydrogens (tertiary/aromatic N) is 1. The molecule has 40 heavy (non-hydrogen) atoms. The molecule has 0 spiro atoms. The van der Waals surface area contributed by atoms with E-state index in [-0.39, 0.29) is 18.7 Å². The highest BCUT2D eigenvalue weighted by atomic mass is 33.1. The van der Waals surface area contributed by atoms with Crippen LogP contribution in [0, 0.1) is 0 Å². The Kier molecular flexibility index (Phi) is 34.1. The number of rotatable bonds is 33. The van der Waals surface area contributed by atoms with Crippen molar-refractivity contribution in [2.75, 3.05) is 11.5 Å². The van der Waals surface area contributed by atoms with Gasteiger partial charge in [0.05, 0.1) is 6.42 Å². The lowest BCUT2D eigenvalue weighted by atomic mass is 10.1. The Hall–Kier alpha value is 0.340. The van der Waals surface area contributed by atoms with Gasteiger partial charge in [0.25, 0.3) is 0 Å². The third-order valence-corrected chi connectivity index (χ3v) is 12.5. The van der Waals surface area contributed by atoms with E-state index >= 15 is 0 Å². The molecule has 8 heteroatoms. The van der Waals surface area contributed by atoms with E-state index in [0.717, 1.165) is 11.5 Å². The molecule has 0 radical (unpaired) electrons. The average molecular weight is 638 g/mol. The van der Waals surface area contributed by atoms with E-state index in [9.17, 15) is 9.59 Å². The zero-order valence-corrected chi connectivity index (χ0v) is 29.4. The van der Waals surface area contributed by atoms with Gasteiger partial charge >= 0.3 is 5.97 Å². The Labute approximate surface area is 264 Å². The predicted octanol–water partition coefficient (Wildman–Crippen LogP) is 12.7. The smallest absolute Gasteiger partial charge is 0.303 e. The Morgan fingerprint density at radius 3 is 1.07 bits per heavy atom. The molecule has 0 saturated carbocycles. The maximum atomic E-state index is 12.6. The van der Waals surface area contributed by atoms with E-state index in [1.165, 1.54) is 176 Å². The molecule has 1 amide bonds.